The fourth-order valence-electron chi connectivity index (χ4n) is 1.89. The molecule has 2 heteroatoms. The number of carbonyl (C=O) groups excluding carboxylic acids is 1. The van der Waals surface area contributed by atoms with Gasteiger partial charge in [0.15, 0.2) is 5.78 Å². The van der Waals surface area contributed by atoms with Crippen molar-refractivity contribution in [1.82, 2.24) is 4.98 Å². The van der Waals surface area contributed by atoms with Crippen molar-refractivity contribution in [2.45, 2.75) is 27.2 Å². The van der Waals surface area contributed by atoms with Crippen LogP contribution in [0.3, 0.4) is 0 Å². The van der Waals surface area contributed by atoms with Crippen LogP contribution in [-0.4, -0.2) is 10.8 Å². The third-order valence-electron chi connectivity index (χ3n) is 2.62. The normalized spacial score (nSPS) is 18.8. The molecule has 0 aromatic carbocycles. The molecule has 1 heterocycles. The first-order chi connectivity index (χ1) is 6.00. The summed E-state index contributed by atoms with van der Waals surface area (Å²) >= 11 is 0. The van der Waals surface area contributed by atoms with Gasteiger partial charge in [-0.3, -0.25) is 9.78 Å². The highest BCUT2D eigenvalue weighted by Gasteiger charge is 2.37. The predicted molar refractivity (Wildman–Crippen MR) is 50.8 cm³/mol. The molecule has 68 valence electrons. The van der Waals surface area contributed by atoms with Crippen LogP contribution < -0.4 is 0 Å². The molecule has 0 atom stereocenters. The summed E-state index contributed by atoms with van der Waals surface area (Å²) in [7, 11) is 0. The van der Waals surface area contributed by atoms with E-state index in [1.165, 1.54) is 0 Å². The zero-order valence-corrected chi connectivity index (χ0v) is 8.22. The van der Waals surface area contributed by atoms with E-state index < -0.39 is 0 Å². The lowest BCUT2D eigenvalue weighted by Gasteiger charge is -2.12. The summed E-state index contributed by atoms with van der Waals surface area (Å²) in [4.78, 5) is 15.9. The molecule has 0 unspecified atom stereocenters. The second-order valence-corrected chi connectivity index (χ2v) is 4.37. The Morgan fingerprint density at radius 3 is 2.85 bits per heavy atom. The zero-order chi connectivity index (χ0) is 9.64. The summed E-state index contributed by atoms with van der Waals surface area (Å²) in [5, 5.41) is 0. The number of ketones is 1. The highest BCUT2D eigenvalue weighted by Crippen LogP contribution is 2.35. The number of Topliss-reactive ketones (excluding diaryl/α,β-unsaturated/α-hetero) is 1. The number of aryl methyl sites for hydroxylation is 1. The van der Waals surface area contributed by atoms with Crippen molar-refractivity contribution in [3.63, 3.8) is 0 Å². The molecule has 2 rings (SSSR count). The maximum atomic E-state index is 11.8. The molecule has 0 bridgehead atoms. The Labute approximate surface area is 78.0 Å². The van der Waals surface area contributed by atoms with E-state index in [-0.39, 0.29) is 11.2 Å². The maximum Gasteiger partial charge on any atom is 0.170 e. The predicted octanol–water partition coefficient (Wildman–Crippen LogP) is 2.16. The van der Waals surface area contributed by atoms with Gasteiger partial charge in [0.25, 0.3) is 0 Å². The van der Waals surface area contributed by atoms with E-state index in [2.05, 4.69) is 4.98 Å². The third kappa shape index (κ3) is 1.17. The first-order valence-electron chi connectivity index (χ1n) is 4.51. The summed E-state index contributed by atoms with van der Waals surface area (Å²) < 4.78 is 0. The maximum absolute atomic E-state index is 11.8. The second-order valence-electron chi connectivity index (χ2n) is 4.37. The summed E-state index contributed by atoms with van der Waals surface area (Å²) in [5.41, 5.74) is 2.74. The van der Waals surface area contributed by atoms with E-state index in [1.807, 2.05) is 26.8 Å². The summed E-state index contributed by atoms with van der Waals surface area (Å²) in [6.45, 7) is 5.94. The molecule has 0 saturated carbocycles. The SMILES string of the molecule is Cc1cc2c(cn1)C(=O)C(C)(C)C2. The van der Waals surface area contributed by atoms with Gasteiger partial charge >= 0.3 is 0 Å². The Hall–Kier alpha value is -1.18. The molecule has 1 aliphatic carbocycles. The Morgan fingerprint density at radius 1 is 1.46 bits per heavy atom. The smallest absolute Gasteiger partial charge is 0.170 e. The van der Waals surface area contributed by atoms with Crippen LogP contribution in [0.1, 0.15) is 35.5 Å². The van der Waals surface area contributed by atoms with Crippen LogP contribution in [0.4, 0.5) is 0 Å². The number of rotatable bonds is 0. The molecule has 0 fully saturated rings. The zero-order valence-electron chi connectivity index (χ0n) is 8.22. The number of carbonyl (C=O) groups is 1. The van der Waals surface area contributed by atoms with Gasteiger partial charge in [0, 0.05) is 22.9 Å². The van der Waals surface area contributed by atoms with Crippen molar-refractivity contribution < 1.29 is 4.79 Å². The van der Waals surface area contributed by atoms with Crippen LogP contribution in [0.2, 0.25) is 0 Å². The molecule has 1 aromatic heterocycles. The molecule has 0 aliphatic heterocycles. The first-order valence-corrected chi connectivity index (χ1v) is 4.51. The van der Waals surface area contributed by atoms with Gasteiger partial charge in [-0.25, -0.2) is 0 Å². The van der Waals surface area contributed by atoms with Crippen molar-refractivity contribution in [1.29, 1.82) is 0 Å². The van der Waals surface area contributed by atoms with Gasteiger partial charge in [0.05, 0.1) is 0 Å². The summed E-state index contributed by atoms with van der Waals surface area (Å²) in [6.07, 6.45) is 2.56. The fourth-order valence-corrected chi connectivity index (χ4v) is 1.89. The van der Waals surface area contributed by atoms with E-state index in [0.29, 0.717) is 0 Å². The Kier molecular flexibility index (Phi) is 1.56. The van der Waals surface area contributed by atoms with Gasteiger partial charge in [-0.2, -0.15) is 0 Å². The number of aromatic nitrogens is 1. The highest BCUT2D eigenvalue weighted by atomic mass is 16.1. The van der Waals surface area contributed by atoms with Crippen LogP contribution in [0, 0.1) is 12.3 Å². The van der Waals surface area contributed by atoms with E-state index in [4.69, 9.17) is 0 Å². The van der Waals surface area contributed by atoms with Gasteiger partial charge < -0.3 is 0 Å². The van der Waals surface area contributed by atoms with Gasteiger partial charge in [0.1, 0.15) is 0 Å². The Morgan fingerprint density at radius 2 is 2.15 bits per heavy atom. The standard InChI is InChI=1S/C11H13NO/c1-7-4-8-5-11(2,3)10(13)9(8)6-12-7/h4,6H,5H2,1-3H3. The second kappa shape index (κ2) is 2.41. The van der Waals surface area contributed by atoms with E-state index in [0.717, 1.165) is 23.2 Å². The number of hydrogen-bond donors (Lipinski definition) is 0. The van der Waals surface area contributed by atoms with Crippen LogP contribution in [0.25, 0.3) is 0 Å². The largest absolute Gasteiger partial charge is 0.293 e. The molecule has 0 radical (unpaired) electrons. The molecular weight excluding hydrogens is 162 g/mol. The highest BCUT2D eigenvalue weighted by molar-refractivity contribution is 6.04. The molecule has 2 nitrogen and oxygen atoms in total. The molecular formula is C11H13NO. The quantitative estimate of drug-likeness (QED) is 0.604. The summed E-state index contributed by atoms with van der Waals surface area (Å²) in [6, 6.07) is 2.02. The van der Waals surface area contributed by atoms with Gasteiger partial charge in [-0.05, 0) is 25.0 Å². The van der Waals surface area contributed by atoms with Gasteiger partial charge in [-0.15, -0.1) is 0 Å². The molecule has 0 N–H and O–H groups in total. The number of fused-ring (bicyclic) bond motifs is 1. The summed E-state index contributed by atoms with van der Waals surface area (Å²) in [5.74, 6) is 0.231. The minimum Gasteiger partial charge on any atom is -0.293 e. The van der Waals surface area contributed by atoms with Crippen molar-refractivity contribution in [3.05, 3.63) is 29.1 Å². The third-order valence-corrected chi connectivity index (χ3v) is 2.62. The minimum atomic E-state index is -0.224. The van der Waals surface area contributed by atoms with Crippen molar-refractivity contribution in [2.75, 3.05) is 0 Å². The average Bonchev–Trinajstić information content (AvgIpc) is 2.22. The number of hydrogen-bond acceptors (Lipinski definition) is 2. The lowest BCUT2D eigenvalue weighted by Crippen LogP contribution is -2.18. The fraction of sp³-hybridized carbons (Fsp3) is 0.455. The lowest BCUT2D eigenvalue weighted by molar-refractivity contribution is 0.0863. The molecule has 1 aromatic rings. The Bertz CT molecular complexity index is 380. The minimum absolute atomic E-state index is 0.224. The van der Waals surface area contributed by atoms with Crippen LogP contribution >= 0.6 is 0 Å². The Balaban J connectivity index is 2.57. The van der Waals surface area contributed by atoms with Crippen molar-refractivity contribution >= 4 is 5.78 Å². The van der Waals surface area contributed by atoms with Gasteiger partial charge in [-0.1, -0.05) is 13.8 Å². The van der Waals surface area contributed by atoms with Crippen LogP contribution in [-0.2, 0) is 6.42 Å². The molecule has 1 aliphatic rings. The van der Waals surface area contributed by atoms with Gasteiger partial charge in [0.2, 0.25) is 0 Å². The first kappa shape index (κ1) is 8.42. The molecule has 13 heavy (non-hydrogen) atoms. The molecule has 0 amide bonds. The van der Waals surface area contributed by atoms with Crippen molar-refractivity contribution in [3.8, 4) is 0 Å². The van der Waals surface area contributed by atoms with E-state index in [1.54, 1.807) is 6.20 Å². The topological polar surface area (TPSA) is 30.0 Å². The number of pyridine rings is 1. The molecule has 0 spiro atoms. The monoisotopic (exact) mass is 175 g/mol. The van der Waals surface area contributed by atoms with E-state index >= 15 is 0 Å². The lowest BCUT2D eigenvalue weighted by atomic mass is 9.89. The van der Waals surface area contributed by atoms with Crippen LogP contribution in [0.15, 0.2) is 12.3 Å². The van der Waals surface area contributed by atoms with E-state index in [9.17, 15) is 4.79 Å². The van der Waals surface area contributed by atoms with Crippen molar-refractivity contribution in [2.24, 2.45) is 5.41 Å². The number of nitrogens with zero attached hydrogens (tertiary/aromatic N) is 1. The van der Waals surface area contributed by atoms with Crippen LogP contribution in [0.5, 0.6) is 0 Å². The molecule has 0 saturated heterocycles. The average molecular weight is 175 g/mol.